The van der Waals surface area contributed by atoms with Crippen molar-refractivity contribution in [2.75, 3.05) is 6.61 Å². The minimum absolute atomic E-state index is 0.0661. The van der Waals surface area contributed by atoms with Gasteiger partial charge in [0.25, 0.3) is 0 Å². The topological polar surface area (TPSA) is 35.8 Å². The Morgan fingerprint density at radius 1 is 1.36 bits per heavy atom. The van der Waals surface area contributed by atoms with E-state index in [1.807, 2.05) is 6.07 Å². The van der Waals surface area contributed by atoms with Crippen LogP contribution >= 0.6 is 15.9 Å². The fourth-order valence-corrected chi connectivity index (χ4v) is 4.38. The van der Waals surface area contributed by atoms with Gasteiger partial charge in [0.2, 0.25) is 0 Å². The zero-order valence-corrected chi connectivity index (χ0v) is 14.2. The third kappa shape index (κ3) is 1.95. The maximum Gasteiger partial charge on any atom is 0.140 e. The number of hydrogen-bond donors (Lipinski definition) is 0. The summed E-state index contributed by atoms with van der Waals surface area (Å²) >= 11 is 3.62. The number of imidazole rings is 1. The maximum absolute atomic E-state index is 6.02. The van der Waals surface area contributed by atoms with Gasteiger partial charge in [0.1, 0.15) is 11.4 Å². The number of hydrogen-bond acceptors (Lipinski definition) is 3. The number of pyridine rings is 1. The molecule has 1 saturated heterocycles. The molecule has 0 spiro atoms. The summed E-state index contributed by atoms with van der Waals surface area (Å²) in [6, 6.07) is 2.05. The van der Waals surface area contributed by atoms with Gasteiger partial charge in [-0.15, -0.1) is 0 Å². The molecule has 4 nitrogen and oxygen atoms in total. The van der Waals surface area contributed by atoms with Crippen LogP contribution in [0.3, 0.4) is 0 Å². The zero-order valence-electron chi connectivity index (χ0n) is 12.6. The molecule has 3 heterocycles. The fourth-order valence-electron chi connectivity index (χ4n) is 3.95. The molecule has 1 aliphatic heterocycles. The summed E-state index contributed by atoms with van der Waals surface area (Å²) < 4.78 is 15.1. The molecule has 5 rings (SSSR count). The monoisotopic (exact) mass is 362 g/mol. The quantitative estimate of drug-likeness (QED) is 0.831. The Balaban J connectivity index is 1.56. The minimum atomic E-state index is 0.0661. The van der Waals surface area contributed by atoms with Crippen LogP contribution in [0.25, 0.3) is 5.65 Å². The van der Waals surface area contributed by atoms with Gasteiger partial charge in [-0.25, -0.2) is 4.98 Å². The van der Waals surface area contributed by atoms with Crippen LogP contribution in [0.15, 0.2) is 22.9 Å². The number of ether oxygens (including phenoxy) is 2. The van der Waals surface area contributed by atoms with Crippen LogP contribution in [0, 0.1) is 0 Å². The molecule has 2 aromatic rings. The van der Waals surface area contributed by atoms with Gasteiger partial charge in [-0.3, -0.25) is 0 Å². The molecule has 5 heteroatoms. The summed E-state index contributed by atoms with van der Waals surface area (Å²) in [7, 11) is 0. The van der Waals surface area contributed by atoms with E-state index in [-0.39, 0.29) is 11.0 Å². The highest BCUT2D eigenvalue weighted by molar-refractivity contribution is 9.10. The Kier molecular flexibility index (Phi) is 2.59. The Morgan fingerprint density at radius 3 is 2.86 bits per heavy atom. The molecule has 2 bridgehead atoms. The second-order valence-corrected chi connectivity index (χ2v) is 8.24. The lowest BCUT2D eigenvalue weighted by Crippen LogP contribution is -2.26. The average Bonchev–Trinajstić information content (AvgIpc) is 2.95. The molecule has 0 N–H and O–H groups in total. The van der Waals surface area contributed by atoms with E-state index in [0.29, 0.717) is 6.10 Å². The minimum Gasteiger partial charge on any atom is -0.489 e. The van der Waals surface area contributed by atoms with Gasteiger partial charge < -0.3 is 13.9 Å². The lowest BCUT2D eigenvalue weighted by Gasteiger charge is -2.24. The molecule has 2 aliphatic carbocycles. The highest BCUT2D eigenvalue weighted by atomic mass is 79.9. The first-order valence-electron chi connectivity index (χ1n) is 8.05. The number of halogens is 1. The molecule has 2 atom stereocenters. The second kappa shape index (κ2) is 4.26. The van der Waals surface area contributed by atoms with Crippen molar-refractivity contribution in [3.63, 3.8) is 0 Å². The predicted octanol–water partition coefficient (Wildman–Crippen LogP) is 3.85. The van der Waals surface area contributed by atoms with E-state index in [1.165, 1.54) is 12.1 Å². The normalized spacial score (nSPS) is 33.7. The summed E-state index contributed by atoms with van der Waals surface area (Å²) in [6.45, 7) is 3.04. The molecule has 2 saturated carbocycles. The molecular weight excluding hydrogens is 344 g/mol. The van der Waals surface area contributed by atoms with E-state index in [9.17, 15) is 0 Å². The van der Waals surface area contributed by atoms with E-state index in [4.69, 9.17) is 14.5 Å². The number of aromatic nitrogens is 2. The Labute approximate surface area is 137 Å². The molecule has 22 heavy (non-hydrogen) atoms. The van der Waals surface area contributed by atoms with Crippen molar-refractivity contribution in [1.29, 1.82) is 0 Å². The van der Waals surface area contributed by atoms with Crippen molar-refractivity contribution in [2.24, 2.45) is 0 Å². The van der Waals surface area contributed by atoms with Crippen molar-refractivity contribution in [2.45, 2.75) is 56.1 Å². The first-order chi connectivity index (χ1) is 10.6. The molecule has 0 radical (unpaired) electrons. The molecule has 2 unspecified atom stereocenters. The van der Waals surface area contributed by atoms with Gasteiger partial charge in [-0.05, 0) is 55.0 Å². The molecule has 3 fully saturated rings. The molecule has 0 amide bonds. The second-order valence-electron chi connectivity index (χ2n) is 7.39. The first kappa shape index (κ1) is 13.4. The highest BCUT2D eigenvalue weighted by Crippen LogP contribution is 2.53. The van der Waals surface area contributed by atoms with Crippen molar-refractivity contribution in [3.8, 4) is 5.75 Å². The van der Waals surface area contributed by atoms with E-state index in [0.717, 1.165) is 48.2 Å². The lowest BCUT2D eigenvalue weighted by atomic mass is 9.84. The summed E-state index contributed by atoms with van der Waals surface area (Å²) in [5.41, 5.74) is 2.31. The van der Waals surface area contributed by atoms with Crippen LogP contribution in [-0.2, 0) is 10.2 Å². The maximum atomic E-state index is 6.02. The number of nitrogens with zero attached hydrogens (tertiary/aromatic N) is 2. The van der Waals surface area contributed by atoms with Gasteiger partial charge in [0.05, 0.1) is 28.5 Å². The van der Waals surface area contributed by atoms with Gasteiger partial charge in [0, 0.05) is 23.9 Å². The third-order valence-corrected chi connectivity index (χ3v) is 6.01. The highest BCUT2D eigenvalue weighted by Gasteiger charge is 2.55. The van der Waals surface area contributed by atoms with Gasteiger partial charge in [-0.1, -0.05) is 0 Å². The first-order valence-corrected chi connectivity index (χ1v) is 8.84. The van der Waals surface area contributed by atoms with Crippen molar-refractivity contribution >= 4 is 21.6 Å². The van der Waals surface area contributed by atoms with Crippen LogP contribution in [0.2, 0.25) is 0 Å². The molecular formula is C17H19BrN2O2. The Hall–Kier alpha value is -1.07. The smallest absolute Gasteiger partial charge is 0.140 e. The van der Waals surface area contributed by atoms with Crippen molar-refractivity contribution in [1.82, 2.24) is 9.38 Å². The average molecular weight is 363 g/mol. The van der Waals surface area contributed by atoms with Crippen LogP contribution in [-0.4, -0.2) is 27.7 Å². The predicted molar refractivity (Wildman–Crippen MR) is 86.4 cm³/mol. The van der Waals surface area contributed by atoms with Gasteiger partial charge in [-0.2, -0.15) is 0 Å². The largest absolute Gasteiger partial charge is 0.489 e. The Bertz CT molecular complexity index is 757. The molecule has 0 aromatic carbocycles. The van der Waals surface area contributed by atoms with E-state index < -0.39 is 0 Å². The van der Waals surface area contributed by atoms with E-state index >= 15 is 0 Å². The molecule has 2 aromatic heterocycles. The number of fused-ring (bicyclic) bond motifs is 3. The van der Waals surface area contributed by atoms with Gasteiger partial charge in [0.15, 0.2) is 0 Å². The van der Waals surface area contributed by atoms with Crippen LogP contribution in [0.1, 0.15) is 44.7 Å². The summed E-state index contributed by atoms with van der Waals surface area (Å²) in [5, 5.41) is 0. The SMILES string of the molecule is CC12CCC(c3cn4cc(Br)c(OC5CC5)cc4n3)(CO1)C2. The molecule has 3 aliphatic rings. The summed E-state index contributed by atoms with van der Waals surface area (Å²) in [6.07, 6.45) is 10.4. The summed E-state index contributed by atoms with van der Waals surface area (Å²) in [5.74, 6) is 0.906. The van der Waals surface area contributed by atoms with Crippen LogP contribution < -0.4 is 4.74 Å². The number of rotatable bonds is 3. The molecule has 116 valence electrons. The zero-order chi connectivity index (χ0) is 14.9. The standard InChI is InChI=1S/C17H19BrN2O2/c1-16-4-5-17(9-16,10-21-16)14-8-20-7-12(18)13(6-15(20)19-14)22-11-2-3-11/h6-8,11H,2-5,9-10H2,1H3. The van der Waals surface area contributed by atoms with Crippen molar-refractivity contribution in [3.05, 3.63) is 28.6 Å². The van der Waals surface area contributed by atoms with E-state index in [2.05, 4.69) is 39.6 Å². The van der Waals surface area contributed by atoms with Crippen LogP contribution in [0.5, 0.6) is 5.75 Å². The van der Waals surface area contributed by atoms with E-state index in [1.54, 1.807) is 0 Å². The summed E-state index contributed by atoms with van der Waals surface area (Å²) in [4.78, 5) is 4.91. The lowest BCUT2D eigenvalue weighted by molar-refractivity contribution is -0.00626. The third-order valence-electron chi connectivity index (χ3n) is 5.41. The fraction of sp³-hybridized carbons (Fsp3) is 0.588. The Morgan fingerprint density at radius 2 is 2.23 bits per heavy atom. The van der Waals surface area contributed by atoms with Crippen LogP contribution in [0.4, 0.5) is 0 Å². The van der Waals surface area contributed by atoms with Gasteiger partial charge >= 0.3 is 0 Å². The van der Waals surface area contributed by atoms with Crippen molar-refractivity contribution < 1.29 is 9.47 Å².